The Kier molecular flexibility index (Phi) is 6.84. The maximum absolute atomic E-state index is 14.2. The van der Waals surface area contributed by atoms with Crippen LogP contribution in [0.15, 0.2) is 48.7 Å². The summed E-state index contributed by atoms with van der Waals surface area (Å²) >= 11 is 1.53. The van der Waals surface area contributed by atoms with Gasteiger partial charge in [-0.3, -0.25) is 0 Å². The lowest BCUT2D eigenvalue weighted by atomic mass is 9.96. The number of nitrogen functional groups attached to an aromatic ring is 1. The van der Waals surface area contributed by atoms with Crippen LogP contribution in [0.3, 0.4) is 0 Å². The molecule has 0 amide bonds. The number of hydrogen-bond donors (Lipinski definition) is 1. The lowest BCUT2D eigenvalue weighted by Crippen LogP contribution is -2.15. The monoisotopic (exact) mass is 505 g/mol. The van der Waals surface area contributed by atoms with E-state index < -0.39 is 5.82 Å². The molecule has 0 aliphatic carbocycles. The molecule has 1 aliphatic rings. The lowest BCUT2D eigenvalue weighted by molar-refractivity contribution is 0.0845. The molecule has 0 unspecified atom stereocenters. The molecule has 2 aromatic heterocycles. The van der Waals surface area contributed by atoms with Crippen molar-refractivity contribution < 1.29 is 18.6 Å². The van der Waals surface area contributed by atoms with Gasteiger partial charge in [0.1, 0.15) is 35.4 Å². The molecule has 0 spiro atoms. The van der Waals surface area contributed by atoms with Crippen LogP contribution in [0.5, 0.6) is 17.2 Å². The van der Waals surface area contributed by atoms with E-state index in [1.807, 2.05) is 6.92 Å². The van der Waals surface area contributed by atoms with E-state index in [0.717, 1.165) is 28.4 Å². The lowest BCUT2D eigenvalue weighted by Gasteiger charge is -2.20. The van der Waals surface area contributed by atoms with E-state index in [0.29, 0.717) is 48.4 Å². The summed E-state index contributed by atoms with van der Waals surface area (Å²) in [5, 5.41) is 5.62. The summed E-state index contributed by atoms with van der Waals surface area (Å²) in [5.41, 5.74) is 8.13. The van der Waals surface area contributed by atoms with Gasteiger partial charge in [-0.2, -0.15) is 4.68 Å². The van der Waals surface area contributed by atoms with Gasteiger partial charge >= 0.3 is 0 Å². The molecule has 3 heterocycles. The van der Waals surface area contributed by atoms with Gasteiger partial charge < -0.3 is 24.8 Å². The highest BCUT2D eigenvalue weighted by atomic mass is 32.1. The molecule has 0 saturated carbocycles. The van der Waals surface area contributed by atoms with E-state index in [2.05, 4.69) is 14.9 Å². The van der Waals surface area contributed by atoms with Gasteiger partial charge in [0.15, 0.2) is 0 Å². The van der Waals surface area contributed by atoms with Crippen molar-refractivity contribution >= 4 is 22.8 Å². The van der Waals surface area contributed by atoms with E-state index in [1.54, 1.807) is 41.2 Å². The zero-order valence-electron chi connectivity index (χ0n) is 19.6. The number of rotatable bonds is 7. The number of aryl methyl sites for hydroxylation is 1. The number of anilines is 1. The van der Waals surface area contributed by atoms with Gasteiger partial charge in [0, 0.05) is 43.5 Å². The number of aromatic nitrogens is 3. The molecule has 8 nitrogen and oxygen atoms in total. The minimum Gasteiger partial charge on any atom is -0.488 e. The normalized spacial score (nSPS) is 13.9. The van der Waals surface area contributed by atoms with Gasteiger partial charge in [-0.15, -0.1) is 11.3 Å². The summed E-state index contributed by atoms with van der Waals surface area (Å²) in [6, 6.07) is 11.3. The maximum atomic E-state index is 14.2. The van der Waals surface area contributed by atoms with Crippen LogP contribution in [0, 0.1) is 19.3 Å². The number of halogens is 1. The first-order valence-electron chi connectivity index (χ1n) is 11.5. The van der Waals surface area contributed by atoms with Crippen LogP contribution in [0.1, 0.15) is 34.3 Å². The van der Waals surface area contributed by atoms with E-state index in [1.165, 1.54) is 23.5 Å². The van der Waals surface area contributed by atoms with Crippen LogP contribution in [-0.2, 0) is 11.3 Å². The molecule has 0 radical (unpaired) electrons. The third-order valence-electron chi connectivity index (χ3n) is 5.85. The van der Waals surface area contributed by atoms with Crippen molar-refractivity contribution in [3.8, 4) is 22.9 Å². The zero-order chi connectivity index (χ0) is 25.1. The van der Waals surface area contributed by atoms with Crippen molar-refractivity contribution in [1.29, 1.82) is 0 Å². The van der Waals surface area contributed by atoms with E-state index in [-0.39, 0.29) is 11.7 Å². The van der Waals surface area contributed by atoms with Crippen molar-refractivity contribution in [1.82, 2.24) is 14.8 Å². The number of ether oxygens (including phenoxy) is 3. The molecular formula is C26H24FN5O3S. The molecule has 2 aromatic carbocycles. The summed E-state index contributed by atoms with van der Waals surface area (Å²) in [6.07, 6.45) is 3.40. The Morgan fingerprint density at radius 2 is 1.92 bits per heavy atom. The van der Waals surface area contributed by atoms with Crippen LogP contribution >= 0.6 is 11.3 Å². The number of nitrogens with zero attached hydrogens (tertiary/aromatic N) is 4. The molecule has 1 aliphatic heterocycles. The maximum Gasteiger partial charge on any atom is 0.280 e. The predicted octanol–water partition coefficient (Wildman–Crippen LogP) is 6.17. The van der Waals surface area contributed by atoms with E-state index in [4.69, 9.17) is 26.5 Å². The van der Waals surface area contributed by atoms with Crippen LogP contribution in [0.25, 0.3) is 10.5 Å². The largest absolute Gasteiger partial charge is 0.488 e. The fraction of sp³-hybridized carbons (Fsp3) is 0.269. The minimum atomic E-state index is -0.464. The Morgan fingerprint density at radius 1 is 1.17 bits per heavy atom. The Bertz CT molecular complexity index is 1400. The van der Waals surface area contributed by atoms with Crippen molar-refractivity contribution in [2.24, 2.45) is 0 Å². The standard InChI is InChI=1S/C26H24FN5O3S/c1-16-30-14-23(36-16)15-34-21-11-18(27)12-22(13-21)35-20-5-3-19(4-6-20)32-26(29-2)24(28)25(31-32)17-7-9-33-10-8-17/h3-6,11-14,17H,7-10,15,28H2,1H3. The first kappa shape index (κ1) is 23.8. The molecular weight excluding hydrogens is 481 g/mol. The van der Waals surface area contributed by atoms with Crippen LogP contribution in [0.2, 0.25) is 0 Å². The Morgan fingerprint density at radius 3 is 2.61 bits per heavy atom. The molecule has 4 aromatic rings. The van der Waals surface area contributed by atoms with Gasteiger partial charge in [-0.05, 0) is 44.0 Å². The molecule has 10 heteroatoms. The van der Waals surface area contributed by atoms with E-state index in [9.17, 15) is 4.39 Å². The molecule has 2 N–H and O–H groups in total. The van der Waals surface area contributed by atoms with Gasteiger partial charge in [-0.1, -0.05) is 11.7 Å². The second kappa shape index (κ2) is 10.4. The average molecular weight is 506 g/mol. The smallest absolute Gasteiger partial charge is 0.280 e. The average Bonchev–Trinajstić information content (AvgIpc) is 3.45. The van der Waals surface area contributed by atoms with Gasteiger partial charge in [0.25, 0.3) is 5.82 Å². The molecule has 184 valence electrons. The van der Waals surface area contributed by atoms with Gasteiger partial charge in [-0.25, -0.2) is 9.37 Å². The first-order chi connectivity index (χ1) is 17.5. The topological polar surface area (TPSA) is 88.8 Å². The number of thiazole rings is 1. The highest BCUT2D eigenvalue weighted by Gasteiger charge is 2.26. The molecule has 0 atom stereocenters. The van der Waals surface area contributed by atoms with Crippen molar-refractivity contribution in [3.63, 3.8) is 0 Å². The second-order valence-electron chi connectivity index (χ2n) is 8.39. The number of hydrogen-bond acceptors (Lipinski definition) is 7. The predicted molar refractivity (Wildman–Crippen MR) is 135 cm³/mol. The second-order valence-corrected chi connectivity index (χ2v) is 9.70. The third-order valence-corrected chi connectivity index (χ3v) is 6.74. The van der Waals surface area contributed by atoms with E-state index >= 15 is 0 Å². The summed E-state index contributed by atoms with van der Waals surface area (Å²) in [6.45, 7) is 11.1. The molecule has 1 saturated heterocycles. The highest BCUT2D eigenvalue weighted by Crippen LogP contribution is 2.37. The van der Waals surface area contributed by atoms with Crippen LogP contribution in [-0.4, -0.2) is 28.0 Å². The summed E-state index contributed by atoms with van der Waals surface area (Å²) in [4.78, 5) is 8.76. The van der Waals surface area contributed by atoms with Crippen molar-refractivity contribution in [3.05, 3.63) is 81.5 Å². The highest BCUT2D eigenvalue weighted by molar-refractivity contribution is 7.11. The SMILES string of the molecule is [C-]#[N+]c1c(N)c(C2CCOCC2)nn1-c1ccc(Oc2cc(F)cc(OCc3cnc(C)s3)c2)cc1. The van der Waals surface area contributed by atoms with Crippen LogP contribution < -0.4 is 15.2 Å². The Labute approximate surface area is 211 Å². The number of nitrogens with two attached hydrogens (primary N) is 1. The van der Waals surface area contributed by atoms with Crippen molar-refractivity contribution in [2.75, 3.05) is 18.9 Å². The Hall–Kier alpha value is -3.94. The summed E-state index contributed by atoms with van der Waals surface area (Å²) in [7, 11) is 0. The third kappa shape index (κ3) is 5.17. The Balaban J connectivity index is 1.32. The summed E-state index contributed by atoms with van der Waals surface area (Å²) < 4.78 is 32.8. The first-order valence-corrected chi connectivity index (χ1v) is 12.3. The number of benzene rings is 2. The quantitative estimate of drug-likeness (QED) is 0.302. The molecule has 36 heavy (non-hydrogen) atoms. The molecule has 0 bridgehead atoms. The van der Waals surface area contributed by atoms with Crippen LogP contribution in [0.4, 0.5) is 15.9 Å². The zero-order valence-corrected chi connectivity index (χ0v) is 20.4. The fourth-order valence-corrected chi connectivity index (χ4v) is 4.80. The van der Waals surface area contributed by atoms with Gasteiger partial charge in [0.2, 0.25) is 0 Å². The fourth-order valence-electron chi connectivity index (χ4n) is 4.10. The molecule has 5 rings (SSSR count). The minimum absolute atomic E-state index is 0.174. The van der Waals surface area contributed by atoms with Gasteiger partial charge in [0.05, 0.1) is 21.3 Å². The summed E-state index contributed by atoms with van der Waals surface area (Å²) in [5.74, 6) is 1.17. The molecule has 1 fully saturated rings. The van der Waals surface area contributed by atoms with Crippen molar-refractivity contribution in [2.45, 2.75) is 32.3 Å².